The Balaban J connectivity index is 1.42. The van der Waals surface area contributed by atoms with E-state index < -0.39 is 5.60 Å². The number of carbonyl (C=O) groups excluding carboxylic acids is 4. The summed E-state index contributed by atoms with van der Waals surface area (Å²) in [5.74, 6) is -0.514. The molecule has 0 aromatic heterocycles. The van der Waals surface area contributed by atoms with Crippen LogP contribution in [0.25, 0.3) is 0 Å². The Labute approximate surface area is 207 Å². The first-order chi connectivity index (χ1) is 16.5. The molecule has 1 unspecified atom stereocenters. The monoisotopic (exact) mass is 483 g/mol. The molecule has 1 saturated heterocycles. The fourth-order valence-corrected chi connectivity index (χ4v) is 5.45. The normalized spacial score (nSPS) is 21.2. The van der Waals surface area contributed by atoms with Crippen LogP contribution in [0.4, 0.5) is 4.79 Å². The molecule has 1 aromatic carbocycles. The maximum atomic E-state index is 13.3. The van der Waals surface area contributed by atoms with Crippen molar-refractivity contribution in [3.05, 3.63) is 34.9 Å². The number of piperidine rings is 1. The van der Waals surface area contributed by atoms with Crippen LogP contribution in [-0.4, -0.2) is 76.8 Å². The van der Waals surface area contributed by atoms with Crippen LogP contribution in [0.3, 0.4) is 0 Å². The van der Waals surface area contributed by atoms with Gasteiger partial charge in [-0.3, -0.25) is 19.3 Å². The Morgan fingerprint density at radius 1 is 1.00 bits per heavy atom. The predicted octanol–water partition coefficient (Wildman–Crippen LogP) is 4.33. The van der Waals surface area contributed by atoms with Crippen molar-refractivity contribution in [2.75, 3.05) is 26.7 Å². The van der Waals surface area contributed by atoms with E-state index in [2.05, 4.69) is 0 Å². The number of benzene rings is 1. The van der Waals surface area contributed by atoms with Crippen molar-refractivity contribution >= 4 is 23.8 Å². The van der Waals surface area contributed by atoms with E-state index in [9.17, 15) is 19.2 Å². The number of fused-ring (bicyclic) bond motifs is 1. The maximum absolute atomic E-state index is 13.3. The molecule has 0 radical (unpaired) electrons. The van der Waals surface area contributed by atoms with Crippen LogP contribution in [0.1, 0.15) is 96.8 Å². The third kappa shape index (κ3) is 5.52. The standard InChI is InChI=1S/C27H37N3O5/c1-27(2,3)35-26(34)28(4)16-18-9-8-14-29(17-18)23(31)19-12-13-21-22(15-19)25(33)30(24(21)32)20-10-6-5-7-11-20/h12-13,15,18,20H,5-11,14,16-17H2,1-4H3. The first kappa shape index (κ1) is 25.2. The van der Waals surface area contributed by atoms with Gasteiger partial charge >= 0.3 is 6.09 Å². The summed E-state index contributed by atoms with van der Waals surface area (Å²) in [6, 6.07) is 4.84. The Bertz CT molecular complexity index is 1010. The number of ether oxygens (including phenoxy) is 1. The molecule has 4 rings (SSSR count). The van der Waals surface area contributed by atoms with Gasteiger partial charge in [-0.15, -0.1) is 0 Å². The van der Waals surface area contributed by atoms with Crippen molar-refractivity contribution in [2.24, 2.45) is 5.92 Å². The number of imide groups is 1. The van der Waals surface area contributed by atoms with Gasteiger partial charge in [0.25, 0.3) is 17.7 Å². The lowest BCUT2D eigenvalue weighted by molar-refractivity contribution is 0.0244. The first-order valence-corrected chi connectivity index (χ1v) is 12.8. The van der Waals surface area contributed by atoms with Crippen molar-refractivity contribution in [2.45, 2.75) is 77.4 Å². The minimum Gasteiger partial charge on any atom is -0.444 e. The average molecular weight is 484 g/mol. The lowest BCUT2D eigenvalue weighted by Crippen LogP contribution is -2.45. The molecule has 2 fully saturated rings. The van der Waals surface area contributed by atoms with Crippen molar-refractivity contribution in [1.82, 2.24) is 14.7 Å². The van der Waals surface area contributed by atoms with Crippen LogP contribution in [-0.2, 0) is 4.74 Å². The van der Waals surface area contributed by atoms with Crippen molar-refractivity contribution in [1.29, 1.82) is 0 Å². The summed E-state index contributed by atoms with van der Waals surface area (Å²) in [4.78, 5) is 56.5. The highest BCUT2D eigenvalue weighted by molar-refractivity contribution is 6.22. The average Bonchev–Trinajstić information content (AvgIpc) is 3.07. The summed E-state index contributed by atoms with van der Waals surface area (Å²) in [7, 11) is 1.72. The van der Waals surface area contributed by atoms with Crippen LogP contribution >= 0.6 is 0 Å². The molecule has 0 N–H and O–H groups in total. The fraction of sp³-hybridized carbons (Fsp3) is 0.630. The Hall–Kier alpha value is -2.90. The zero-order valence-corrected chi connectivity index (χ0v) is 21.3. The van der Waals surface area contributed by atoms with E-state index in [4.69, 9.17) is 4.74 Å². The van der Waals surface area contributed by atoms with Crippen LogP contribution < -0.4 is 0 Å². The van der Waals surface area contributed by atoms with E-state index in [1.54, 1.807) is 35.0 Å². The molecule has 0 spiro atoms. The van der Waals surface area contributed by atoms with Crippen LogP contribution in [0.15, 0.2) is 18.2 Å². The Kier molecular flexibility index (Phi) is 7.20. The van der Waals surface area contributed by atoms with Gasteiger partial charge in [0, 0.05) is 38.3 Å². The quantitative estimate of drug-likeness (QED) is 0.595. The lowest BCUT2D eigenvalue weighted by Gasteiger charge is -2.35. The summed E-state index contributed by atoms with van der Waals surface area (Å²) in [6.07, 6.45) is 6.30. The maximum Gasteiger partial charge on any atom is 0.410 e. The number of likely N-dealkylation sites (tertiary alicyclic amines) is 1. The Morgan fingerprint density at radius 3 is 2.37 bits per heavy atom. The van der Waals surface area contributed by atoms with Crippen LogP contribution in [0.5, 0.6) is 0 Å². The molecule has 1 aromatic rings. The molecule has 1 saturated carbocycles. The molecule has 8 heteroatoms. The number of nitrogens with zero attached hydrogens (tertiary/aromatic N) is 3. The highest BCUT2D eigenvalue weighted by atomic mass is 16.6. The van der Waals surface area contributed by atoms with Gasteiger partial charge in [0.2, 0.25) is 0 Å². The van der Waals surface area contributed by atoms with Gasteiger partial charge in [0.05, 0.1) is 11.1 Å². The van der Waals surface area contributed by atoms with E-state index in [1.807, 2.05) is 20.8 Å². The molecule has 35 heavy (non-hydrogen) atoms. The molecule has 190 valence electrons. The lowest BCUT2D eigenvalue weighted by atomic mass is 9.94. The van der Waals surface area contributed by atoms with Crippen LogP contribution in [0.2, 0.25) is 0 Å². The number of hydrogen-bond donors (Lipinski definition) is 0. The number of carbonyl (C=O) groups is 4. The number of rotatable bonds is 4. The minimum atomic E-state index is -0.557. The molecule has 0 bridgehead atoms. The number of amides is 4. The van der Waals surface area contributed by atoms with Crippen molar-refractivity contribution < 1.29 is 23.9 Å². The third-order valence-electron chi connectivity index (χ3n) is 7.15. The Morgan fingerprint density at radius 2 is 1.69 bits per heavy atom. The van der Waals surface area contributed by atoms with Gasteiger partial charge in [-0.05, 0) is 70.6 Å². The van der Waals surface area contributed by atoms with Gasteiger partial charge in [0.15, 0.2) is 0 Å². The second-order valence-electron chi connectivity index (χ2n) is 11.2. The van der Waals surface area contributed by atoms with E-state index >= 15 is 0 Å². The van der Waals surface area contributed by atoms with E-state index in [1.165, 1.54) is 4.90 Å². The second-order valence-corrected chi connectivity index (χ2v) is 11.2. The molecule has 1 aliphatic carbocycles. The van der Waals surface area contributed by atoms with Gasteiger partial charge in [-0.25, -0.2) is 4.79 Å². The van der Waals surface area contributed by atoms with Gasteiger partial charge in [0.1, 0.15) is 5.60 Å². The summed E-state index contributed by atoms with van der Waals surface area (Å²) in [5, 5.41) is 0. The number of hydrogen-bond acceptors (Lipinski definition) is 5. The highest BCUT2D eigenvalue weighted by Crippen LogP contribution is 2.32. The summed E-state index contributed by atoms with van der Waals surface area (Å²) in [6.45, 7) is 7.18. The van der Waals surface area contributed by atoms with Crippen molar-refractivity contribution in [3.63, 3.8) is 0 Å². The summed E-state index contributed by atoms with van der Waals surface area (Å²) in [5.41, 5.74) is 0.604. The molecular weight excluding hydrogens is 446 g/mol. The molecule has 2 aliphatic heterocycles. The van der Waals surface area contributed by atoms with Gasteiger partial charge in [-0.2, -0.15) is 0 Å². The van der Waals surface area contributed by atoms with Gasteiger partial charge < -0.3 is 14.5 Å². The zero-order valence-electron chi connectivity index (χ0n) is 21.3. The second kappa shape index (κ2) is 9.99. The largest absolute Gasteiger partial charge is 0.444 e. The molecule has 4 amide bonds. The summed E-state index contributed by atoms with van der Waals surface area (Å²) < 4.78 is 5.44. The topological polar surface area (TPSA) is 87.2 Å². The fourth-order valence-electron chi connectivity index (χ4n) is 5.45. The molecule has 8 nitrogen and oxygen atoms in total. The van der Waals surface area contributed by atoms with E-state index in [0.717, 1.165) is 44.9 Å². The molecule has 2 heterocycles. The molecule has 1 atom stereocenters. The van der Waals surface area contributed by atoms with E-state index in [0.29, 0.717) is 36.3 Å². The zero-order chi connectivity index (χ0) is 25.3. The summed E-state index contributed by atoms with van der Waals surface area (Å²) >= 11 is 0. The first-order valence-electron chi connectivity index (χ1n) is 12.8. The predicted molar refractivity (Wildman–Crippen MR) is 131 cm³/mol. The SMILES string of the molecule is CN(CC1CCCN(C(=O)c2ccc3c(c2)C(=O)N(C2CCCCC2)C3=O)C1)C(=O)OC(C)(C)C. The highest BCUT2D eigenvalue weighted by Gasteiger charge is 2.41. The molecular formula is C27H37N3O5. The van der Waals surface area contributed by atoms with E-state index in [-0.39, 0.29) is 35.8 Å². The third-order valence-corrected chi connectivity index (χ3v) is 7.15. The van der Waals surface area contributed by atoms with Crippen LogP contribution in [0, 0.1) is 5.92 Å². The molecule has 3 aliphatic rings. The van der Waals surface area contributed by atoms with Crippen molar-refractivity contribution in [3.8, 4) is 0 Å². The minimum absolute atomic E-state index is 0.0416. The smallest absolute Gasteiger partial charge is 0.410 e. The van der Waals surface area contributed by atoms with Gasteiger partial charge in [-0.1, -0.05) is 19.3 Å².